The number of carbonyl (C=O) groups is 1. The standard InChI is InChI=1S/C22H28N4O/c1-13(2)12-23-21(27)15-6-5-14-9-18(24-17(14)10-15)20-16-7-8-22(3,4)11-19(16)25-26-20/h5-6,9-10,13,24H,7-8,11-12H2,1-4H3,(H,23,27)(H,25,26). The second-order valence-electron chi connectivity index (χ2n) is 8.96. The molecular formula is C22H28N4O. The summed E-state index contributed by atoms with van der Waals surface area (Å²) in [4.78, 5) is 15.8. The highest BCUT2D eigenvalue weighted by molar-refractivity contribution is 5.98. The van der Waals surface area contributed by atoms with Crippen LogP contribution in [0.4, 0.5) is 0 Å². The van der Waals surface area contributed by atoms with Gasteiger partial charge in [-0.25, -0.2) is 0 Å². The highest BCUT2D eigenvalue weighted by atomic mass is 16.1. The lowest BCUT2D eigenvalue weighted by Crippen LogP contribution is -2.27. The van der Waals surface area contributed by atoms with E-state index >= 15 is 0 Å². The summed E-state index contributed by atoms with van der Waals surface area (Å²) in [5.74, 6) is 0.409. The fourth-order valence-corrected chi connectivity index (χ4v) is 3.86. The quantitative estimate of drug-likeness (QED) is 0.639. The van der Waals surface area contributed by atoms with Crippen molar-refractivity contribution in [3.8, 4) is 11.4 Å². The predicted molar refractivity (Wildman–Crippen MR) is 109 cm³/mol. The third-order valence-corrected chi connectivity index (χ3v) is 5.47. The van der Waals surface area contributed by atoms with Gasteiger partial charge >= 0.3 is 0 Å². The molecule has 4 rings (SSSR count). The van der Waals surface area contributed by atoms with E-state index in [9.17, 15) is 4.79 Å². The van der Waals surface area contributed by atoms with E-state index in [-0.39, 0.29) is 5.91 Å². The number of amides is 1. The number of carbonyl (C=O) groups excluding carboxylic acids is 1. The maximum atomic E-state index is 12.3. The molecule has 0 unspecified atom stereocenters. The first-order chi connectivity index (χ1) is 12.8. The van der Waals surface area contributed by atoms with Crippen molar-refractivity contribution in [1.82, 2.24) is 20.5 Å². The van der Waals surface area contributed by atoms with Crippen LogP contribution in [-0.2, 0) is 12.8 Å². The molecule has 0 bridgehead atoms. The Morgan fingerprint density at radius 2 is 2.11 bits per heavy atom. The zero-order valence-electron chi connectivity index (χ0n) is 16.6. The third-order valence-electron chi connectivity index (χ3n) is 5.47. The summed E-state index contributed by atoms with van der Waals surface area (Å²) in [6.07, 6.45) is 3.26. The van der Waals surface area contributed by atoms with E-state index < -0.39 is 0 Å². The molecule has 3 N–H and O–H groups in total. The van der Waals surface area contributed by atoms with Crippen molar-refractivity contribution in [1.29, 1.82) is 0 Å². The van der Waals surface area contributed by atoms with Gasteiger partial charge < -0.3 is 10.3 Å². The molecule has 0 fully saturated rings. The Bertz CT molecular complexity index is 993. The van der Waals surface area contributed by atoms with Crippen LogP contribution in [0.3, 0.4) is 0 Å². The molecule has 0 saturated heterocycles. The van der Waals surface area contributed by atoms with Crippen molar-refractivity contribution in [2.24, 2.45) is 11.3 Å². The van der Waals surface area contributed by atoms with Gasteiger partial charge in [0.2, 0.25) is 0 Å². The lowest BCUT2D eigenvalue weighted by Gasteiger charge is -2.28. The Kier molecular flexibility index (Phi) is 4.33. The number of hydrogen-bond acceptors (Lipinski definition) is 2. The molecule has 3 aromatic rings. The molecule has 142 valence electrons. The number of hydrogen-bond donors (Lipinski definition) is 3. The topological polar surface area (TPSA) is 73.6 Å². The molecule has 0 spiro atoms. The number of benzene rings is 1. The van der Waals surface area contributed by atoms with Crippen LogP contribution >= 0.6 is 0 Å². The molecule has 2 heterocycles. The van der Waals surface area contributed by atoms with Crippen LogP contribution in [0.25, 0.3) is 22.3 Å². The highest BCUT2D eigenvalue weighted by Gasteiger charge is 2.29. The lowest BCUT2D eigenvalue weighted by atomic mass is 9.76. The van der Waals surface area contributed by atoms with Crippen LogP contribution in [0, 0.1) is 11.3 Å². The van der Waals surface area contributed by atoms with Crippen LogP contribution < -0.4 is 5.32 Å². The van der Waals surface area contributed by atoms with E-state index in [4.69, 9.17) is 0 Å². The van der Waals surface area contributed by atoms with Gasteiger partial charge in [-0.3, -0.25) is 9.89 Å². The summed E-state index contributed by atoms with van der Waals surface area (Å²) in [7, 11) is 0. The first-order valence-corrected chi connectivity index (χ1v) is 9.80. The van der Waals surface area contributed by atoms with Crippen LogP contribution in [0.15, 0.2) is 24.3 Å². The number of aromatic amines is 2. The summed E-state index contributed by atoms with van der Waals surface area (Å²) in [5, 5.41) is 11.9. The molecule has 27 heavy (non-hydrogen) atoms. The van der Waals surface area contributed by atoms with Gasteiger partial charge in [-0.1, -0.05) is 33.8 Å². The summed E-state index contributed by atoms with van der Waals surface area (Å²) >= 11 is 0. The van der Waals surface area contributed by atoms with Gasteiger partial charge in [0.05, 0.1) is 5.69 Å². The third kappa shape index (κ3) is 3.51. The molecule has 1 amide bonds. The van der Waals surface area contributed by atoms with Crippen LogP contribution in [0.2, 0.25) is 0 Å². The van der Waals surface area contributed by atoms with E-state index in [0.29, 0.717) is 23.4 Å². The van der Waals surface area contributed by atoms with Gasteiger partial charge in [-0.2, -0.15) is 5.10 Å². The second-order valence-corrected chi connectivity index (χ2v) is 8.96. The molecule has 5 heteroatoms. The van der Waals surface area contributed by atoms with E-state index in [1.54, 1.807) is 0 Å². The minimum absolute atomic E-state index is 0.0267. The van der Waals surface area contributed by atoms with Gasteiger partial charge in [-0.15, -0.1) is 0 Å². The first kappa shape index (κ1) is 17.8. The number of rotatable bonds is 4. The largest absolute Gasteiger partial charge is 0.353 e. The Morgan fingerprint density at radius 3 is 2.89 bits per heavy atom. The Hall–Kier alpha value is -2.56. The van der Waals surface area contributed by atoms with Crippen molar-refractivity contribution >= 4 is 16.8 Å². The summed E-state index contributed by atoms with van der Waals surface area (Å²) in [5.41, 5.74) is 6.60. The molecule has 1 aromatic carbocycles. The normalized spacial score (nSPS) is 15.9. The van der Waals surface area contributed by atoms with E-state index in [1.165, 1.54) is 17.7 Å². The fourth-order valence-electron chi connectivity index (χ4n) is 3.86. The molecule has 0 radical (unpaired) electrons. The second kappa shape index (κ2) is 6.55. The smallest absolute Gasteiger partial charge is 0.251 e. The number of nitrogens with one attached hydrogen (secondary N) is 3. The molecular weight excluding hydrogens is 336 g/mol. The average molecular weight is 364 g/mol. The lowest BCUT2D eigenvalue weighted by molar-refractivity contribution is 0.0949. The van der Waals surface area contributed by atoms with Crippen molar-refractivity contribution in [3.05, 3.63) is 41.1 Å². The zero-order valence-corrected chi connectivity index (χ0v) is 16.6. The van der Waals surface area contributed by atoms with Gasteiger partial charge in [-0.05, 0) is 48.8 Å². The Morgan fingerprint density at radius 1 is 1.30 bits per heavy atom. The Labute approximate surface area is 159 Å². The van der Waals surface area contributed by atoms with E-state index in [1.807, 2.05) is 18.2 Å². The monoisotopic (exact) mass is 364 g/mol. The molecule has 2 aromatic heterocycles. The van der Waals surface area contributed by atoms with Crippen molar-refractivity contribution in [3.63, 3.8) is 0 Å². The molecule has 1 aliphatic carbocycles. The number of H-pyrrole nitrogens is 2. The Balaban J connectivity index is 1.63. The fraction of sp³-hybridized carbons (Fsp3) is 0.455. The number of nitrogens with zero attached hydrogens (tertiary/aromatic N) is 1. The number of aromatic nitrogens is 3. The minimum atomic E-state index is -0.0267. The molecule has 1 aliphatic rings. The summed E-state index contributed by atoms with van der Waals surface area (Å²) in [6, 6.07) is 7.94. The van der Waals surface area contributed by atoms with E-state index in [0.717, 1.165) is 35.1 Å². The summed E-state index contributed by atoms with van der Waals surface area (Å²) < 4.78 is 0. The van der Waals surface area contributed by atoms with Crippen molar-refractivity contribution in [2.75, 3.05) is 6.54 Å². The molecule has 5 nitrogen and oxygen atoms in total. The SMILES string of the molecule is CC(C)CNC(=O)c1ccc2cc(-c3n[nH]c4c3CCC(C)(C)C4)[nH]c2c1. The maximum absolute atomic E-state index is 12.3. The van der Waals surface area contributed by atoms with Gasteiger partial charge in [0.15, 0.2) is 0 Å². The summed E-state index contributed by atoms with van der Waals surface area (Å²) in [6.45, 7) is 9.48. The molecule has 0 atom stereocenters. The van der Waals surface area contributed by atoms with Crippen LogP contribution in [-0.4, -0.2) is 27.6 Å². The van der Waals surface area contributed by atoms with Gasteiger partial charge in [0, 0.05) is 34.3 Å². The van der Waals surface area contributed by atoms with Crippen LogP contribution in [0.5, 0.6) is 0 Å². The minimum Gasteiger partial charge on any atom is -0.353 e. The van der Waals surface area contributed by atoms with E-state index in [2.05, 4.69) is 54.3 Å². The molecule has 0 aliphatic heterocycles. The zero-order chi connectivity index (χ0) is 19.2. The average Bonchev–Trinajstić information content (AvgIpc) is 3.20. The maximum Gasteiger partial charge on any atom is 0.251 e. The van der Waals surface area contributed by atoms with Gasteiger partial charge in [0.25, 0.3) is 5.91 Å². The first-order valence-electron chi connectivity index (χ1n) is 9.80. The highest BCUT2D eigenvalue weighted by Crippen LogP contribution is 2.38. The van der Waals surface area contributed by atoms with Gasteiger partial charge in [0.1, 0.15) is 5.69 Å². The number of fused-ring (bicyclic) bond motifs is 2. The van der Waals surface area contributed by atoms with Crippen molar-refractivity contribution in [2.45, 2.75) is 47.0 Å². The molecule has 0 saturated carbocycles. The van der Waals surface area contributed by atoms with Crippen LogP contribution in [0.1, 0.15) is 55.7 Å². The predicted octanol–water partition coefficient (Wildman–Crippen LogP) is 4.46. The van der Waals surface area contributed by atoms with Crippen molar-refractivity contribution < 1.29 is 4.79 Å².